The van der Waals surface area contributed by atoms with Gasteiger partial charge in [-0.25, -0.2) is 17.2 Å². The van der Waals surface area contributed by atoms with Crippen LogP contribution < -0.4 is 10.5 Å². The summed E-state index contributed by atoms with van der Waals surface area (Å²) in [6.45, 7) is 3.97. The lowest BCUT2D eigenvalue weighted by Crippen LogP contribution is -2.15. The molecular formula is C15H16F2N2O2S. The SMILES string of the molecule is CC(C)c1ccc(S(=O)(=O)Nc2ccc(F)c(N)c2F)cc1. The molecule has 0 bridgehead atoms. The van der Waals surface area contributed by atoms with Crippen LogP contribution in [0.2, 0.25) is 0 Å². The highest BCUT2D eigenvalue weighted by Crippen LogP contribution is 2.26. The highest BCUT2D eigenvalue weighted by atomic mass is 32.2. The number of benzene rings is 2. The molecule has 0 fully saturated rings. The lowest BCUT2D eigenvalue weighted by atomic mass is 10.0. The summed E-state index contributed by atoms with van der Waals surface area (Å²) in [5.74, 6) is -1.82. The lowest BCUT2D eigenvalue weighted by Gasteiger charge is -2.11. The molecule has 0 amide bonds. The molecule has 0 radical (unpaired) electrons. The summed E-state index contributed by atoms with van der Waals surface area (Å²) in [4.78, 5) is -0.0146. The second-order valence-electron chi connectivity index (χ2n) is 5.15. The van der Waals surface area contributed by atoms with Crippen LogP contribution in [0.25, 0.3) is 0 Å². The minimum Gasteiger partial charge on any atom is -0.394 e. The Morgan fingerprint density at radius 1 is 1.05 bits per heavy atom. The smallest absolute Gasteiger partial charge is 0.261 e. The molecule has 22 heavy (non-hydrogen) atoms. The molecule has 7 heteroatoms. The van der Waals surface area contributed by atoms with E-state index in [9.17, 15) is 17.2 Å². The summed E-state index contributed by atoms with van der Waals surface area (Å²) in [7, 11) is -3.98. The van der Waals surface area contributed by atoms with Gasteiger partial charge in [0.25, 0.3) is 10.0 Å². The Kier molecular flexibility index (Phi) is 4.37. The Balaban J connectivity index is 2.34. The van der Waals surface area contributed by atoms with Crippen molar-refractivity contribution in [2.24, 2.45) is 0 Å². The third kappa shape index (κ3) is 3.19. The summed E-state index contributed by atoms with van der Waals surface area (Å²) in [6, 6.07) is 8.13. The summed E-state index contributed by atoms with van der Waals surface area (Å²) in [6.07, 6.45) is 0. The molecular weight excluding hydrogens is 310 g/mol. The van der Waals surface area contributed by atoms with Crippen LogP contribution in [0.5, 0.6) is 0 Å². The minimum atomic E-state index is -3.98. The van der Waals surface area contributed by atoms with Gasteiger partial charge in [-0.2, -0.15) is 0 Å². The summed E-state index contributed by atoms with van der Waals surface area (Å²) in [5, 5.41) is 0. The Morgan fingerprint density at radius 2 is 1.64 bits per heavy atom. The normalized spacial score (nSPS) is 11.7. The van der Waals surface area contributed by atoms with Gasteiger partial charge < -0.3 is 5.73 Å². The predicted molar refractivity (Wildman–Crippen MR) is 82.1 cm³/mol. The van der Waals surface area contributed by atoms with Crippen LogP contribution in [0, 0.1) is 11.6 Å². The van der Waals surface area contributed by atoms with E-state index in [2.05, 4.69) is 4.72 Å². The van der Waals surface area contributed by atoms with E-state index in [-0.39, 0.29) is 10.8 Å². The molecule has 2 aromatic carbocycles. The standard InChI is InChI=1S/C15H16F2N2O2S/c1-9(2)10-3-5-11(6-4-10)22(20,21)19-13-8-7-12(16)15(18)14(13)17/h3-9,19H,18H2,1-2H3. The third-order valence-electron chi connectivity index (χ3n) is 3.23. The Morgan fingerprint density at radius 3 is 2.18 bits per heavy atom. The molecule has 0 saturated carbocycles. The summed E-state index contributed by atoms with van der Waals surface area (Å²) < 4.78 is 53.4. The van der Waals surface area contributed by atoms with Gasteiger partial charge in [0.05, 0.1) is 10.6 Å². The molecule has 0 spiro atoms. The molecule has 0 heterocycles. The van der Waals surface area contributed by atoms with Crippen molar-refractivity contribution in [3.8, 4) is 0 Å². The van der Waals surface area contributed by atoms with Crippen molar-refractivity contribution in [3.05, 3.63) is 53.6 Å². The highest BCUT2D eigenvalue weighted by molar-refractivity contribution is 7.92. The van der Waals surface area contributed by atoms with Gasteiger partial charge in [-0.05, 0) is 35.7 Å². The number of nitrogens with two attached hydrogens (primary N) is 1. The Hall–Kier alpha value is -2.15. The van der Waals surface area contributed by atoms with Crippen LogP contribution in [-0.2, 0) is 10.0 Å². The zero-order valence-corrected chi connectivity index (χ0v) is 12.9. The number of nitrogen functional groups attached to an aromatic ring is 1. The highest BCUT2D eigenvalue weighted by Gasteiger charge is 2.19. The van der Waals surface area contributed by atoms with Crippen molar-refractivity contribution in [3.63, 3.8) is 0 Å². The van der Waals surface area contributed by atoms with E-state index in [0.29, 0.717) is 0 Å². The van der Waals surface area contributed by atoms with E-state index in [0.717, 1.165) is 17.7 Å². The van der Waals surface area contributed by atoms with Crippen LogP contribution in [-0.4, -0.2) is 8.42 Å². The van der Waals surface area contributed by atoms with Crippen LogP contribution in [0.1, 0.15) is 25.3 Å². The Labute approximate surface area is 128 Å². The van der Waals surface area contributed by atoms with Crippen LogP contribution in [0.15, 0.2) is 41.3 Å². The maximum atomic E-state index is 13.8. The Bertz CT molecular complexity index is 788. The van der Waals surface area contributed by atoms with Crippen molar-refractivity contribution in [2.75, 3.05) is 10.5 Å². The van der Waals surface area contributed by atoms with Crippen molar-refractivity contribution in [1.29, 1.82) is 0 Å². The van der Waals surface area contributed by atoms with E-state index in [1.165, 1.54) is 12.1 Å². The van der Waals surface area contributed by atoms with E-state index in [4.69, 9.17) is 5.73 Å². The van der Waals surface area contributed by atoms with Gasteiger partial charge in [-0.1, -0.05) is 26.0 Å². The van der Waals surface area contributed by atoms with Crippen LogP contribution in [0.4, 0.5) is 20.2 Å². The van der Waals surface area contributed by atoms with Gasteiger partial charge in [0, 0.05) is 0 Å². The van der Waals surface area contributed by atoms with Crippen LogP contribution >= 0.6 is 0 Å². The second-order valence-corrected chi connectivity index (χ2v) is 6.83. The van der Waals surface area contributed by atoms with E-state index < -0.39 is 33.0 Å². The van der Waals surface area contributed by atoms with Crippen molar-refractivity contribution in [2.45, 2.75) is 24.7 Å². The number of halogens is 2. The quantitative estimate of drug-likeness (QED) is 0.845. The number of anilines is 2. The predicted octanol–water partition coefficient (Wildman–Crippen LogP) is 3.47. The first-order valence-corrected chi connectivity index (χ1v) is 8.07. The molecule has 0 atom stereocenters. The number of hydrogen-bond acceptors (Lipinski definition) is 3. The first-order valence-electron chi connectivity index (χ1n) is 6.58. The zero-order valence-electron chi connectivity index (χ0n) is 12.1. The van der Waals surface area contributed by atoms with Crippen molar-refractivity contribution >= 4 is 21.4 Å². The molecule has 118 valence electrons. The van der Waals surface area contributed by atoms with Gasteiger partial charge in [0.1, 0.15) is 11.5 Å². The fourth-order valence-electron chi connectivity index (χ4n) is 1.88. The number of rotatable bonds is 4. The molecule has 0 unspecified atom stereocenters. The number of nitrogens with one attached hydrogen (secondary N) is 1. The average Bonchev–Trinajstić information content (AvgIpc) is 2.48. The maximum absolute atomic E-state index is 13.8. The molecule has 2 rings (SSSR count). The molecule has 0 aliphatic carbocycles. The van der Waals surface area contributed by atoms with E-state index in [1.54, 1.807) is 12.1 Å². The molecule has 0 aliphatic rings. The van der Waals surface area contributed by atoms with Crippen LogP contribution in [0.3, 0.4) is 0 Å². The molecule has 0 aliphatic heterocycles. The van der Waals surface area contributed by atoms with Crippen molar-refractivity contribution in [1.82, 2.24) is 0 Å². The van der Waals surface area contributed by atoms with Gasteiger partial charge in [-0.3, -0.25) is 4.72 Å². The number of sulfonamides is 1. The monoisotopic (exact) mass is 326 g/mol. The molecule has 2 aromatic rings. The fourth-order valence-corrected chi connectivity index (χ4v) is 2.94. The fraction of sp³-hybridized carbons (Fsp3) is 0.200. The molecule has 4 nitrogen and oxygen atoms in total. The van der Waals surface area contributed by atoms with Crippen molar-refractivity contribution < 1.29 is 17.2 Å². The zero-order chi connectivity index (χ0) is 16.5. The van der Waals surface area contributed by atoms with Gasteiger partial charge in [0.15, 0.2) is 5.82 Å². The average molecular weight is 326 g/mol. The topological polar surface area (TPSA) is 72.2 Å². The molecule has 0 aromatic heterocycles. The summed E-state index contributed by atoms with van der Waals surface area (Å²) in [5.41, 5.74) is 5.07. The van der Waals surface area contributed by atoms with Gasteiger partial charge in [0.2, 0.25) is 0 Å². The lowest BCUT2D eigenvalue weighted by molar-refractivity contribution is 0.589. The molecule has 0 saturated heterocycles. The van der Waals surface area contributed by atoms with Gasteiger partial charge >= 0.3 is 0 Å². The first-order chi connectivity index (χ1) is 10.2. The third-order valence-corrected chi connectivity index (χ3v) is 4.61. The van der Waals surface area contributed by atoms with Gasteiger partial charge in [-0.15, -0.1) is 0 Å². The second kappa shape index (κ2) is 5.92. The minimum absolute atomic E-state index is 0.0146. The molecule has 3 N–H and O–H groups in total. The first kappa shape index (κ1) is 16.2. The van der Waals surface area contributed by atoms with E-state index in [1.807, 2.05) is 13.8 Å². The largest absolute Gasteiger partial charge is 0.394 e. The van der Waals surface area contributed by atoms with E-state index >= 15 is 0 Å². The summed E-state index contributed by atoms with van der Waals surface area (Å²) >= 11 is 0. The maximum Gasteiger partial charge on any atom is 0.261 e. The number of hydrogen-bond donors (Lipinski definition) is 2.